The molecule has 0 unspecified atom stereocenters. The van der Waals surface area contributed by atoms with Crippen LogP contribution in [0.15, 0.2) is 64.3 Å². The molecule has 0 radical (unpaired) electrons. The van der Waals surface area contributed by atoms with Crippen LogP contribution in [0.3, 0.4) is 0 Å². The maximum atomic E-state index is 11.4. The molecule has 0 atom stereocenters. The van der Waals surface area contributed by atoms with Crippen LogP contribution in [0.5, 0.6) is 0 Å². The molecule has 0 amide bonds. The van der Waals surface area contributed by atoms with Crippen LogP contribution >= 0.6 is 0 Å². The second-order valence-electron chi connectivity index (χ2n) is 5.49. The van der Waals surface area contributed by atoms with Gasteiger partial charge in [0.1, 0.15) is 5.69 Å². The molecule has 0 bridgehead atoms. The largest absolute Gasteiger partial charge is 0.350 e. The van der Waals surface area contributed by atoms with E-state index in [9.17, 15) is 23.3 Å². The van der Waals surface area contributed by atoms with Crippen molar-refractivity contribution in [3.05, 3.63) is 75.1 Å². The molecule has 0 spiro atoms. The smallest absolute Gasteiger partial charge is 0.294 e. The predicted molar refractivity (Wildman–Crippen MR) is 98.0 cm³/mol. The third-order valence-corrected chi connectivity index (χ3v) is 4.52. The number of nitro groups is 1. The molecule has 1 aromatic heterocycles. The lowest BCUT2D eigenvalue weighted by molar-refractivity contribution is -0.384. The lowest BCUT2D eigenvalue weighted by atomic mass is 10.1. The average Bonchev–Trinajstić information content (AvgIpc) is 2.62. The molecular weight excluding hydrogens is 374 g/mol. The van der Waals surface area contributed by atoms with Gasteiger partial charge in [0.15, 0.2) is 0 Å². The minimum atomic E-state index is -4.06. The summed E-state index contributed by atoms with van der Waals surface area (Å²) in [7, 11) is -4.06. The van der Waals surface area contributed by atoms with E-state index >= 15 is 0 Å². The zero-order valence-corrected chi connectivity index (χ0v) is 14.4. The van der Waals surface area contributed by atoms with Crippen LogP contribution in [0.2, 0.25) is 0 Å². The molecule has 0 aliphatic carbocycles. The van der Waals surface area contributed by atoms with Crippen LogP contribution in [0.4, 0.5) is 17.1 Å². The Balaban J connectivity index is 1.98. The number of sulfonamides is 1. The SMILES string of the molecule is NS(=O)(=O)c1ccc(Nc2cccc(-c3ccc(=O)[nH]n3)c2)c([N+](=O)[O-])c1. The van der Waals surface area contributed by atoms with Gasteiger partial charge in [0.05, 0.1) is 15.5 Å². The Labute approximate surface area is 152 Å². The number of anilines is 2. The number of hydrogen-bond donors (Lipinski definition) is 3. The third kappa shape index (κ3) is 4.16. The van der Waals surface area contributed by atoms with Gasteiger partial charge in [0.2, 0.25) is 10.0 Å². The van der Waals surface area contributed by atoms with Crippen molar-refractivity contribution in [2.75, 3.05) is 5.32 Å². The molecule has 11 heteroatoms. The number of nitrogens with two attached hydrogens (primary N) is 1. The van der Waals surface area contributed by atoms with Gasteiger partial charge in [-0.25, -0.2) is 18.7 Å². The zero-order valence-electron chi connectivity index (χ0n) is 13.6. The van der Waals surface area contributed by atoms with E-state index in [4.69, 9.17) is 5.14 Å². The normalized spacial score (nSPS) is 11.1. The van der Waals surface area contributed by atoms with E-state index in [0.29, 0.717) is 16.9 Å². The van der Waals surface area contributed by atoms with Crippen LogP contribution in [0.25, 0.3) is 11.3 Å². The number of benzene rings is 2. The molecule has 10 nitrogen and oxygen atoms in total. The summed E-state index contributed by atoms with van der Waals surface area (Å²) in [5.41, 5.74) is 1.01. The minimum absolute atomic E-state index is 0.0963. The first-order chi connectivity index (χ1) is 12.7. The highest BCUT2D eigenvalue weighted by Crippen LogP contribution is 2.31. The Morgan fingerprint density at radius 2 is 1.89 bits per heavy atom. The van der Waals surface area contributed by atoms with E-state index < -0.39 is 20.6 Å². The van der Waals surface area contributed by atoms with Crippen LogP contribution in [0.1, 0.15) is 0 Å². The maximum Gasteiger partial charge on any atom is 0.294 e. The Kier molecular flexibility index (Phi) is 4.71. The summed E-state index contributed by atoms with van der Waals surface area (Å²) in [6.07, 6.45) is 0. The van der Waals surface area contributed by atoms with E-state index in [0.717, 1.165) is 6.07 Å². The van der Waals surface area contributed by atoms with Crippen molar-refractivity contribution in [1.29, 1.82) is 0 Å². The molecule has 0 saturated carbocycles. The van der Waals surface area contributed by atoms with Gasteiger partial charge < -0.3 is 5.32 Å². The van der Waals surface area contributed by atoms with Crippen molar-refractivity contribution in [1.82, 2.24) is 10.2 Å². The minimum Gasteiger partial charge on any atom is -0.350 e. The fraction of sp³-hybridized carbons (Fsp3) is 0. The third-order valence-electron chi connectivity index (χ3n) is 3.61. The summed E-state index contributed by atoms with van der Waals surface area (Å²) >= 11 is 0. The number of nitrogens with zero attached hydrogens (tertiary/aromatic N) is 2. The molecule has 2 aromatic carbocycles. The van der Waals surface area contributed by atoms with Crippen molar-refractivity contribution < 1.29 is 13.3 Å². The molecule has 0 fully saturated rings. The second kappa shape index (κ2) is 6.97. The molecule has 1 heterocycles. The molecular formula is C16H13N5O5S. The Hall–Kier alpha value is -3.57. The fourth-order valence-corrected chi connectivity index (χ4v) is 2.90. The number of nitro benzene ring substituents is 1. The summed E-state index contributed by atoms with van der Waals surface area (Å²) in [4.78, 5) is 21.4. The molecule has 4 N–H and O–H groups in total. The first-order valence-electron chi connectivity index (χ1n) is 7.48. The Bertz CT molecular complexity index is 1170. The first-order valence-corrected chi connectivity index (χ1v) is 9.03. The van der Waals surface area contributed by atoms with E-state index in [1.54, 1.807) is 30.3 Å². The highest BCUT2D eigenvalue weighted by molar-refractivity contribution is 7.89. The average molecular weight is 387 g/mol. The van der Waals surface area contributed by atoms with Gasteiger partial charge in [-0.3, -0.25) is 14.9 Å². The second-order valence-corrected chi connectivity index (χ2v) is 7.05. The molecule has 138 valence electrons. The van der Waals surface area contributed by atoms with E-state index in [-0.39, 0.29) is 16.1 Å². The summed E-state index contributed by atoms with van der Waals surface area (Å²) in [5.74, 6) is 0. The van der Waals surface area contributed by atoms with Crippen LogP contribution in [-0.2, 0) is 10.0 Å². The Morgan fingerprint density at radius 3 is 2.52 bits per heavy atom. The van der Waals surface area contributed by atoms with Gasteiger partial charge in [-0.15, -0.1) is 0 Å². The van der Waals surface area contributed by atoms with Crippen molar-refractivity contribution >= 4 is 27.1 Å². The number of hydrogen-bond acceptors (Lipinski definition) is 7. The van der Waals surface area contributed by atoms with E-state index in [1.165, 1.54) is 18.2 Å². The molecule has 27 heavy (non-hydrogen) atoms. The summed E-state index contributed by atoms with van der Waals surface area (Å²) < 4.78 is 22.8. The summed E-state index contributed by atoms with van der Waals surface area (Å²) in [6.45, 7) is 0. The summed E-state index contributed by atoms with van der Waals surface area (Å²) in [6, 6.07) is 13.0. The van der Waals surface area contributed by atoms with Crippen molar-refractivity contribution in [2.45, 2.75) is 4.90 Å². The van der Waals surface area contributed by atoms with Crippen LogP contribution < -0.4 is 16.0 Å². The molecule has 3 rings (SSSR count). The van der Waals surface area contributed by atoms with Crippen molar-refractivity contribution in [2.24, 2.45) is 5.14 Å². The van der Waals surface area contributed by atoms with Gasteiger partial charge >= 0.3 is 0 Å². The quantitative estimate of drug-likeness (QED) is 0.443. The highest BCUT2D eigenvalue weighted by atomic mass is 32.2. The number of rotatable bonds is 5. The number of H-pyrrole nitrogens is 1. The monoisotopic (exact) mass is 387 g/mol. The van der Waals surface area contributed by atoms with Crippen LogP contribution in [0, 0.1) is 10.1 Å². The lowest BCUT2D eigenvalue weighted by Crippen LogP contribution is -2.12. The fourth-order valence-electron chi connectivity index (χ4n) is 2.36. The zero-order chi connectivity index (χ0) is 19.6. The van der Waals surface area contributed by atoms with Gasteiger partial charge in [0.25, 0.3) is 11.2 Å². The number of aromatic amines is 1. The van der Waals surface area contributed by atoms with Gasteiger partial charge in [0, 0.05) is 23.4 Å². The van der Waals surface area contributed by atoms with Gasteiger partial charge in [-0.2, -0.15) is 5.10 Å². The molecule has 0 aliphatic heterocycles. The predicted octanol–water partition coefficient (Wildman–Crippen LogP) is 1.74. The molecule has 0 saturated heterocycles. The number of nitrogens with one attached hydrogen (secondary N) is 2. The summed E-state index contributed by atoms with van der Waals surface area (Å²) in [5, 5.41) is 25.5. The Morgan fingerprint density at radius 1 is 1.11 bits per heavy atom. The van der Waals surface area contributed by atoms with Gasteiger partial charge in [-0.1, -0.05) is 12.1 Å². The highest BCUT2D eigenvalue weighted by Gasteiger charge is 2.19. The lowest BCUT2D eigenvalue weighted by Gasteiger charge is -2.09. The van der Waals surface area contributed by atoms with E-state index in [2.05, 4.69) is 15.5 Å². The van der Waals surface area contributed by atoms with Crippen molar-refractivity contribution in [3.63, 3.8) is 0 Å². The molecule has 3 aromatic rings. The number of aromatic nitrogens is 2. The van der Waals surface area contributed by atoms with E-state index in [1.807, 2.05) is 0 Å². The molecule has 0 aliphatic rings. The van der Waals surface area contributed by atoms with Gasteiger partial charge in [-0.05, 0) is 30.3 Å². The topological polar surface area (TPSA) is 161 Å². The number of primary sulfonamides is 1. The first kappa shape index (κ1) is 18.2. The van der Waals surface area contributed by atoms with Crippen LogP contribution in [-0.4, -0.2) is 23.5 Å². The standard InChI is InChI=1S/C16H13N5O5S/c17-27(25,26)12-4-5-14(15(9-12)21(23)24)18-11-3-1-2-10(8-11)13-6-7-16(22)20-19-13/h1-9,18H,(H,20,22)(H2,17,25,26). The maximum absolute atomic E-state index is 11.4. The van der Waals surface area contributed by atoms with Crippen molar-refractivity contribution in [3.8, 4) is 11.3 Å².